The van der Waals surface area contributed by atoms with E-state index in [4.69, 9.17) is 22.7 Å². The standard InChI is InChI=1S/C13H10ClN5/c14-9-4-8(3-7-1-2-17-12(7)9)10-5-11(13(15)16)19-6-18-10/h1-6,17H,(H3,15,16). The van der Waals surface area contributed by atoms with Crippen LogP contribution in [0.4, 0.5) is 0 Å². The smallest absolute Gasteiger partial charge is 0.141 e. The van der Waals surface area contributed by atoms with Crippen LogP contribution in [0, 0.1) is 5.41 Å². The normalized spacial score (nSPS) is 10.8. The highest BCUT2D eigenvalue weighted by atomic mass is 35.5. The molecule has 4 N–H and O–H groups in total. The zero-order valence-electron chi connectivity index (χ0n) is 9.81. The van der Waals surface area contributed by atoms with Gasteiger partial charge < -0.3 is 10.7 Å². The number of nitrogens with one attached hydrogen (secondary N) is 2. The Labute approximate surface area is 114 Å². The summed E-state index contributed by atoms with van der Waals surface area (Å²) in [6, 6.07) is 7.42. The van der Waals surface area contributed by atoms with E-state index in [1.54, 1.807) is 6.07 Å². The van der Waals surface area contributed by atoms with Crippen LogP contribution in [0.5, 0.6) is 0 Å². The molecular weight excluding hydrogens is 262 g/mol. The van der Waals surface area contributed by atoms with Gasteiger partial charge in [-0.25, -0.2) is 9.97 Å². The van der Waals surface area contributed by atoms with Crippen LogP contribution in [0.25, 0.3) is 22.2 Å². The number of aromatic amines is 1. The molecule has 0 unspecified atom stereocenters. The van der Waals surface area contributed by atoms with Gasteiger partial charge >= 0.3 is 0 Å². The Morgan fingerprint density at radius 2 is 2.11 bits per heavy atom. The van der Waals surface area contributed by atoms with Crippen molar-refractivity contribution in [3.05, 3.63) is 47.5 Å². The van der Waals surface area contributed by atoms with Gasteiger partial charge in [-0.3, -0.25) is 5.41 Å². The van der Waals surface area contributed by atoms with Gasteiger partial charge in [0.1, 0.15) is 17.9 Å². The molecule has 2 heterocycles. The molecule has 0 bridgehead atoms. The molecule has 0 spiro atoms. The van der Waals surface area contributed by atoms with Crippen LogP contribution in [-0.4, -0.2) is 20.8 Å². The summed E-state index contributed by atoms with van der Waals surface area (Å²) in [4.78, 5) is 11.2. The molecule has 94 valence electrons. The summed E-state index contributed by atoms with van der Waals surface area (Å²) in [5.41, 5.74) is 8.27. The van der Waals surface area contributed by atoms with Gasteiger partial charge in [0.25, 0.3) is 0 Å². The molecule has 0 radical (unpaired) electrons. The summed E-state index contributed by atoms with van der Waals surface area (Å²) in [6.45, 7) is 0. The van der Waals surface area contributed by atoms with Crippen molar-refractivity contribution < 1.29 is 0 Å². The van der Waals surface area contributed by atoms with Crippen LogP contribution >= 0.6 is 11.6 Å². The SMILES string of the molecule is N=C(N)c1cc(-c2cc(Cl)c3[nH]ccc3c2)ncn1. The first-order valence-corrected chi connectivity index (χ1v) is 5.96. The molecule has 3 rings (SSSR count). The highest BCUT2D eigenvalue weighted by molar-refractivity contribution is 6.35. The lowest BCUT2D eigenvalue weighted by atomic mass is 10.1. The maximum absolute atomic E-state index is 7.40. The molecule has 2 aromatic heterocycles. The molecule has 3 aromatic rings. The number of hydrogen-bond donors (Lipinski definition) is 3. The molecule has 0 aliphatic heterocycles. The second kappa shape index (κ2) is 4.37. The fourth-order valence-electron chi connectivity index (χ4n) is 1.94. The van der Waals surface area contributed by atoms with Crippen molar-refractivity contribution in [2.75, 3.05) is 0 Å². The van der Waals surface area contributed by atoms with Crippen molar-refractivity contribution in [2.45, 2.75) is 0 Å². The van der Waals surface area contributed by atoms with Crippen molar-refractivity contribution in [2.24, 2.45) is 5.73 Å². The van der Waals surface area contributed by atoms with Crippen LogP contribution in [-0.2, 0) is 0 Å². The Kier molecular flexibility index (Phi) is 2.68. The Hall–Kier alpha value is -2.40. The molecule has 0 amide bonds. The summed E-state index contributed by atoms with van der Waals surface area (Å²) in [5, 5.41) is 9.03. The Morgan fingerprint density at radius 1 is 1.26 bits per heavy atom. The summed E-state index contributed by atoms with van der Waals surface area (Å²) in [5.74, 6) is -0.0857. The second-order valence-electron chi connectivity index (χ2n) is 4.10. The van der Waals surface area contributed by atoms with Crippen molar-refractivity contribution in [1.82, 2.24) is 15.0 Å². The van der Waals surface area contributed by atoms with Gasteiger partial charge in [-0.1, -0.05) is 11.6 Å². The lowest BCUT2D eigenvalue weighted by Gasteiger charge is -2.04. The van der Waals surface area contributed by atoms with E-state index in [0.717, 1.165) is 16.5 Å². The number of nitrogen functional groups attached to an aromatic ring is 1. The Bertz CT molecular complexity index is 778. The van der Waals surface area contributed by atoms with E-state index in [1.165, 1.54) is 6.33 Å². The fraction of sp³-hybridized carbons (Fsp3) is 0. The largest absolute Gasteiger partial charge is 0.382 e. The molecule has 0 atom stereocenters. The lowest BCUT2D eigenvalue weighted by molar-refractivity contribution is 1.14. The third-order valence-electron chi connectivity index (χ3n) is 2.85. The number of halogens is 1. The summed E-state index contributed by atoms with van der Waals surface area (Å²) >= 11 is 6.21. The van der Waals surface area contributed by atoms with Crippen LogP contribution in [0.3, 0.4) is 0 Å². The van der Waals surface area contributed by atoms with E-state index < -0.39 is 0 Å². The van der Waals surface area contributed by atoms with E-state index in [2.05, 4.69) is 15.0 Å². The molecule has 0 aliphatic carbocycles. The number of hydrogen-bond acceptors (Lipinski definition) is 3. The first-order valence-electron chi connectivity index (χ1n) is 5.58. The number of fused-ring (bicyclic) bond motifs is 1. The predicted molar refractivity (Wildman–Crippen MR) is 75.4 cm³/mol. The molecule has 1 aromatic carbocycles. The molecule has 19 heavy (non-hydrogen) atoms. The van der Waals surface area contributed by atoms with Gasteiger partial charge in [0.05, 0.1) is 16.2 Å². The van der Waals surface area contributed by atoms with Gasteiger partial charge in [-0.15, -0.1) is 0 Å². The minimum atomic E-state index is -0.0857. The predicted octanol–water partition coefficient (Wildman–Crippen LogP) is 2.56. The number of rotatable bonds is 2. The van der Waals surface area contributed by atoms with E-state index >= 15 is 0 Å². The summed E-state index contributed by atoms with van der Waals surface area (Å²) in [6.07, 6.45) is 3.22. The first kappa shape index (κ1) is 11.7. The second-order valence-corrected chi connectivity index (χ2v) is 4.51. The van der Waals surface area contributed by atoms with Crippen molar-refractivity contribution >= 4 is 28.3 Å². The van der Waals surface area contributed by atoms with E-state index in [9.17, 15) is 0 Å². The highest BCUT2D eigenvalue weighted by Crippen LogP contribution is 2.29. The van der Waals surface area contributed by atoms with Crippen molar-refractivity contribution in [3.8, 4) is 11.3 Å². The number of amidine groups is 1. The maximum atomic E-state index is 7.40. The quantitative estimate of drug-likeness (QED) is 0.494. The lowest BCUT2D eigenvalue weighted by Crippen LogP contribution is -2.13. The zero-order valence-corrected chi connectivity index (χ0v) is 10.6. The summed E-state index contributed by atoms with van der Waals surface area (Å²) < 4.78 is 0. The molecule has 0 fully saturated rings. The highest BCUT2D eigenvalue weighted by Gasteiger charge is 2.08. The summed E-state index contributed by atoms with van der Waals surface area (Å²) in [7, 11) is 0. The van der Waals surface area contributed by atoms with Crippen LogP contribution in [0.15, 0.2) is 36.8 Å². The molecular formula is C13H10ClN5. The van der Waals surface area contributed by atoms with Gasteiger partial charge in [0.15, 0.2) is 0 Å². The number of nitrogens with zero attached hydrogens (tertiary/aromatic N) is 2. The van der Waals surface area contributed by atoms with Crippen molar-refractivity contribution in [1.29, 1.82) is 5.41 Å². The Morgan fingerprint density at radius 3 is 2.89 bits per heavy atom. The van der Waals surface area contributed by atoms with Crippen LogP contribution in [0.1, 0.15) is 5.69 Å². The van der Waals surface area contributed by atoms with Gasteiger partial charge in [-0.05, 0) is 24.3 Å². The van der Waals surface area contributed by atoms with E-state index in [0.29, 0.717) is 16.4 Å². The van der Waals surface area contributed by atoms with E-state index in [1.807, 2.05) is 24.4 Å². The van der Waals surface area contributed by atoms with Crippen molar-refractivity contribution in [3.63, 3.8) is 0 Å². The minimum Gasteiger partial charge on any atom is -0.382 e. The average Bonchev–Trinajstić information content (AvgIpc) is 2.87. The van der Waals surface area contributed by atoms with Gasteiger partial charge in [-0.2, -0.15) is 0 Å². The topological polar surface area (TPSA) is 91.4 Å². The molecule has 6 heteroatoms. The maximum Gasteiger partial charge on any atom is 0.141 e. The van der Waals surface area contributed by atoms with E-state index in [-0.39, 0.29) is 5.84 Å². The first-order chi connectivity index (χ1) is 9.15. The molecule has 0 aliphatic rings. The van der Waals surface area contributed by atoms with Gasteiger partial charge in [0.2, 0.25) is 0 Å². The minimum absolute atomic E-state index is 0.0857. The molecule has 0 saturated carbocycles. The van der Waals surface area contributed by atoms with Crippen LogP contribution in [0.2, 0.25) is 5.02 Å². The monoisotopic (exact) mass is 271 g/mol. The third-order valence-corrected chi connectivity index (χ3v) is 3.15. The number of aromatic nitrogens is 3. The number of nitrogens with two attached hydrogens (primary N) is 1. The molecule has 0 saturated heterocycles. The fourth-order valence-corrected chi connectivity index (χ4v) is 2.22. The average molecular weight is 272 g/mol. The number of benzene rings is 1. The van der Waals surface area contributed by atoms with Crippen LogP contribution < -0.4 is 5.73 Å². The Balaban J connectivity index is 2.18. The van der Waals surface area contributed by atoms with Gasteiger partial charge in [0, 0.05) is 17.1 Å². The molecule has 5 nitrogen and oxygen atoms in total. The number of H-pyrrole nitrogens is 1. The third kappa shape index (κ3) is 2.04. The zero-order chi connectivity index (χ0) is 13.4.